The van der Waals surface area contributed by atoms with Gasteiger partial charge in [-0.2, -0.15) is 4.98 Å². The van der Waals surface area contributed by atoms with Gasteiger partial charge in [0.2, 0.25) is 5.91 Å². The second-order valence-corrected chi connectivity index (χ2v) is 7.88. The molecule has 3 rings (SSSR count). The normalized spacial score (nSPS) is 19.6. The number of anilines is 1. The minimum atomic E-state index is 0.195. The lowest BCUT2D eigenvalue weighted by molar-refractivity contribution is -0.122. The van der Waals surface area contributed by atoms with Crippen molar-refractivity contribution in [1.29, 1.82) is 0 Å². The zero-order chi connectivity index (χ0) is 19.8. The van der Waals surface area contributed by atoms with Crippen LogP contribution in [0, 0.1) is 5.92 Å². The molecule has 1 aromatic rings. The van der Waals surface area contributed by atoms with Crippen LogP contribution in [-0.2, 0) is 4.79 Å². The fourth-order valence-electron chi connectivity index (χ4n) is 3.91. The van der Waals surface area contributed by atoms with E-state index in [1.807, 2.05) is 6.07 Å². The Bertz CT molecular complexity index is 612. The Morgan fingerprint density at radius 1 is 1.21 bits per heavy atom. The summed E-state index contributed by atoms with van der Waals surface area (Å²) in [4.78, 5) is 27.8. The summed E-state index contributed by atoms with van der Waals surface area (Å²) in [6.45, 7) is 8.27. The van der Waals surface area contributed by atoms with Crippen molar-refractivity contribution in [3.63, 3.8) is 0 Å². The van der Waals surface area contributed by atoms with Gasteiger partial charge in [-0.25, -0.2) is 4.98 Å². The summed E-state index contributed by atoms with van der Waals surface area (Å²) in [7, 11) is 3.75. The number of hydrogen-bond donors (Lipinski definition) is 1. The summed E-state index contributed by atoms with van der Waals surface area (Å²) in [5.41, 5.74) is 0. The van der Waals surface area contributed by atoms with Gasteiger partial charge in [-0.15, -0.1) is 0 Å². The van der Waals surface area contributed by atoms with Gasteiger partial charge < -0.3 is 24.8 Å². The van der Waals surface area contributed by atoms with Gasteiger partial charge in [-0.05, 0) is 44.8 Å². The van der Waals surface area contributed by atoms with Crippen LogP contribution in [0.5, 0.6) is 6.01 Å². The maximum atomic E-state index is 12.3. The molecular formula is C20H34N6O2. The third-order valence-corrected chi connectivity index (χ3v) is 5.78. The van der Waals surface area contributed by atoms with E-state index >= 15 is 0 Å². The summed E-state index contributed by atoms with van der Waals surface area (Å²) in [6.07, 6.45) is 5.42. The lowest BCUT2D eigenvalue weighted by Gasteiger charge is -2.32. The van der Waals surface area contributed by atoms with Crippen molar-refractivity contribution in [2.24, 2.45) is 5.92 Å². The molecule has 28 heavy (non-hydrogen) atoms. The van der Waals surface area contributed by atoms with Gasteiger partial charge in [0.05, 0.1) is 7.11 Å². The number of piperidine rings is 1. The SMILES string of the molecule is COc1nccc(N2CCC(CC(=O)NCCCN3CCN(C)CC3)CC2)n1. The topological polar surface area (TPSA) is 73.8 Å². The predicted octanol–water partition coefficient (Wildman–Crippen LogP) is 0.845. The number of ether oxygens (including phenoxy) is 1. The highest BCUT2D eigenvalue weighted by Crippen LogP contribution is 2.24. The first-order valence-electron chi connectivity index (χ1n) is 10.4. The standard InChI is InChI=1S/C20H34N6O2/c1-24-12-14-25(15-13-24)9-3-7-21-19(27)16-17-5-10-26(11-6-17)18-4-8-22-20(23-18)28-2/h4,8,17H,3,5-7,9-16H2,1-2H3,(H,21,27). The van der Waals surface area contributed by atoms with Crippen molar-refractivity contribution in [1.82, 2.24) is 25.1 Å². The second-order valence-electron chi connectivity index (χ2n) is 7.88. The Labute approximate surface area is 168 Å². The molecule has 0 saturated carbocycles. The van der Waals surface area contributed by atoms with E-state index in [1.54, 1.807) is 13.3 Å². The molecule has 2 fully saturated rings. The summed E-state index contributed by atoms with van der Waals surface area (Å²) in [5, 5.41) is 3.11. The first-order chi connectivity index (χ1) is 13.6. The van der Waals surface area contributed by atoms with Gasteiger partial charge in [0.1, 0.15) is 5.82 Å². The number of nitrogens with zero attached hydrogens (tertiary/aromatic N) is 5. The summed E-state index contributed by atoms with van der Waals surface area (Å²) < 4.78 is 5.10. The maximum absolute atomic E-state index is 12.3. The van der Waals surface area contributed by atoms with Crippen molar-refractivity contribution in [3.8, 4) is 6.01 Å². The van der Waals surface area contributed by atoms with Gasteiger partial charge in [0, 0.05) is 58.4 Å². The molecule has 8 heteroatoms. The molecule has 0 spiro atoms. The Kier molecular flexibility index (Phi) is 7.85. The first kappa shape index (κ1) is 20.8. The number of carbonyl (C=O) groups is 1. The fourth-order valence-corrected chi connectivity index (χ4v) is 3.91. The number of amides is 1. The molecule has 0 unspecified atom stereocenters. The molecule has 1 N–H and O–H groups in total. The average Bonchev–Trinajstić information content (AvgIpc) is 2.73. The van der Waals surface area contributed by atoms with Crippen LogP contribution in [0.4, 0.5) is 5.82 Å². The zero-order valence-corrected chi connectivity index (χ0v) is 17.3. The predicted molar refractivity (Wildman–Crippen MR) is 110 cm³/mol. The highest BCUT2D eigenvalue weighted by Gasteiger charge is 2.22. The Hall–Kier alpha value is -1.93. The molecular weight excluding hydrogens is 356 g/mol. The molecule has 0 aromatic carbocycles. The van der Waals surface area contributed by atoms with E-state index in [-0.39, 0.29) is 5.91 Å². The smallest absolute Gasteiger partial charge is 0.318 e. The van der Waals surface area contributed by atoms with Crippen LogP contribution in [-0.4, -0.2) is 92.2 Å². The van der Waals surface area contributed by atoms with Gasteiger partial charge in [-0.3, -0.25) is 4.79 Å². The molecule has 1 amide bonds. The van der Waals surface area contributed by atoms with Gasteiger partial charge in [-0.1, -0.05) is 0 Å². The van der Waals surface area contributed by atoms with Gasteiger partial charge >= 0.3 is 6.01 Å². The molecule has 0 aliphatic carbocycles. The lowest BCUT2D eigenvalue weighted by Crippen LogP contribution is -2.45. The van der Waals surface area contributed by atoms with Crippen LogP contribution in [0.1, 0.15) is 25.7 Å². The number of methoxy groups -OCH3 is 1. The monoisotopic (exact) mass is 390 g/mol. The number of aromatic nitrogens is 2. The fraction of sp³-hybridized carbons (Fsp3) is 0.750. The Balaban J connectivity index is 1.29. The number of hydrogen-bond acceptors (Lipinski definition) is 7. The molecule has 2 aliphatic rings. The van der Waals surface area contributed by atoms with Crippen molar-refractivity contribution in [2.75, 3.05) is 71.4 Å². The third-order valence-electron chi connectivity index (χ3n) is 5.78. The lowest BCUT2D eigenvalue weighted by atomic mass is 9.93. The van der Waals surface area contributed by atoms with E-state index in [2.05, 4.69) is 37.0 Å². The van der Waals surface area contributed by atoms with E-state index in [0.29, 0.717) is 18.3 Å². The molecule has 3 heterocycles. The van der Waals surface area contributed by atoms with Crippen LogP contribution < -0.4 is 15.0 Å². The van der Waals surface area contributed by atoms with Crippen LogP contribution in [0.25, 0.3) is 0 Å². The molecule has 0 atom stereocenters. The highest BCUT2D eigenvalue weighted by molar-refractivity contribution is 5.76. The number of piperazine rings is 1. The average molecular weight is 391 g/mol. The number of likely N-dealkylation sites (N-methyl/N-ethyl adjacent to an activating group) is 1. The molecule has 8 nitrogen and oxygen atoms in total. The summed E-state index contributed by atoms with van der Waals surface area (Å²) in [6, 6.07) is 2.31. The summed E-state index contributed by atoms with van der Waals surface area (Å²) in [5.74, 6) is 1.55. The van der Waals surface area contributed by atoms with Crippen molar-refractivity contribution >= 4 is 11.7 Å². The van der Waals surface area contributed by atoms with E-state index in [0.717, 1.165) is 77.4 Å². The van der Waals surface area contributed by atoms with Gasteiger partial charge in [0.25, 0.3) is 0 Å². The van der Waals surface area contributed by atoms with Crippen LogP contribution in [0.15, 0.2) is 12.3 Å². The Morgan fingerprint density at radius 2 is 1.96 bits per heavy atom. The number of carbonyl (C=O) groups excluding carboxylic acids is 1. The van der Waals surface area contributed by atoms with E-state index in [9.17, 15) is 4.79 Å². The highest BCUT2D eigenvalue weighted by atomic mass is 16.5. The van der Waals surface area contributed by atoms with Crippen molar-refractivity contribution in [3.05, 3.63) is 12.3 Å². The molecule has 156 valence electrons. The quantitative estimate of drug-likeness (QED) is 0.660. The maximum Gasteiger partial charge on any atom is 0.318 e. The molecule has 2 aliphatic heterocycles. The van der Waals surface area contributed by atoms with Crippen LogP contribution >= 0.6 is 0 Å². The molecule has 2 saturated heterocycles. The van der Waals surface area contributed by atoms with Gasteiger partial charge in [0.15, 0.2) is 0 Å². The largest absolute Gasteiger partial charge is 0.467 e. The van der Waals surface area contributed by atoms with E-state index in [1.165, 1.54) is 0 Å². The minimum Gasteiger partial charge on any atom is -0.467 e. The van der Waals surface area contributed by atoms with Crippen molar-refractivity contribution in [2.45, 2.75) is 25.7 Å². The summed E-state index contributed by atoms with van der Waals surface area (Å²) >= 11 is 0. The van der Waals surface area contributed by atoms with Crippen LogP contribution in [0.3, 0.4) is 0 Å². The van der Waals surface area contributed by atoms with E-state index in [4.69, 9.17) is 4.74 Å². The number of nitrogens with one attached hydrogen (secondary N) is 1. The van der Waals surface area contributed by atoms with E-state index < -0.39 is 0 Å². The Morgan fingerprint density at radius 3 is 2.68 bits per heavy atom. The van der Waals surface area contributed by atoms with Crippen LogP contribution in [0.2, 0.25) is 0 Å². The zero-order valence-electron chi connectivity index (χ0n) is 17.3. The number of rotatable bonds is 8. The minimum absolute atomic E-state index is 0.195. The third kappa shape index (κ3) is 6.31. The van der Waals surface area contributed by atoms with Crippen molar-refractivity contribution < 1.29 is 9.53 Å². The second kappa shape index (κ2) is 10.6. The molecule has 0 bridgehead atoms. The first-order valence-corrected chi connectivity index (χ1v) is 10.4. The molecule has 0 radical (unpaired) electrons. The molecule has 1 aromatic heterocycles.